The monoisotopic (exact) mass is 488 g/mol. The van der Waals surface area contributed by atoms with E-state index in [2.05, 4.69) is 41.3 Å². The first-order chi connectivity index (χ1) is 15.2. The standard InChI is InChI=1S/C14H22O3S.C13H31P/c1-3-5-8-12-9-7-11-14(18(15,16)17)13(12)10-6-4-2;1-5-8-11-14(4,12-9-6-2)13-10-7-3/h7,9,11H,3-6,8,10H2,1-2H3,(H,15,16,17);14H,5-13H2,1-4H3. The molecule has 0 radical (unpaired) electrons. The summed E-state index contributed by atoms with van der Waals surface area (Å²) in [5, 5.41) is 0. The molecule has 0 aliphatic heterocycles. The number of aryl methyl sites for hydroxylation is 1. The Kier molecular flexibility index (Phi) is 17.7. The predicted molar refractivity (Wildman–Crippen MR) is 147 cm³/mol. The Balaban J connectivity index is 0.000000622. The van der Waals surface area contributed by atoms with Crippen LogP contribution in [0.3, 0.4) is 0 Å². The van der Waals surface area contributed by atoms with Gasteiger partial charge in [-0.25, -0.2) is 0 Å². The minimum Gasteiger partial charge on any atom is -0.282 e. The fraction of sp³-hybridized carbons (Fsp3) is 0.778. The molecule has 0 saturated carbocycles. The van der Waals surface area contributed by atoms with Gasteiger partial charge in [0.05, 0.1) is 4.90 Å². The van der Waals surface area contributed by atoms with E-state index in [-0.39, 0.29) is 4.90 Å². The van der Waals surface area contributed by atoms with Gasteiger partial charge in [-0.3, -0.25) is 4.55 Å². The third-order valence-electron chi connectivity index (χ3n) is 6.49. The zero-order valence-electron chi connectivity index (χ0n) is 22.0. The van der Waals surface area contributed by atoms with Crippen molar-refractivity contribution < 1.29 is 13.0 Å². The summed E-state index contributed by atoms with van der Waals surface area (Å²) in [4.78, 5) is 0.0875. The minimum atomic E-state index is -4.11. The molecule has 1 aromatic carbocycles. The molecule has 0 unspecified atom stereocenters. The number of unbranched alkanes of at least 4 members (excludes halogenated alkanes) is 5. The summed E-state index contributed by atoms with van der Waals surface area (Å²) in [5.74, 6) is 0. The van der Waals surface area contributed by atoms with Crippen LogP contribution in [0, 0.1) is 0 Å². The van der Waals surface area contributed by atoms with Crippen LogP contribution in [-0.4, -0.2) is 38.1 Å². The fourth-order valence-electron chi connectivity index (χ4n) is 4.28. The van der Waals surface area contributed by atoms with E-state index in [1.807, 2.05) is 6.07 Å². The molecule has 0 amide bonds. The van der Waals surface area contributed by atoms with Crippen LogP contribution in [0.4, 0.5) is 0 Å². The Morgan fingerprint density at radius 1 is 0.719 bits per heavy atom. The van der Waals surface area contributed by atoms with Crippen LogP contribution >= 0.6 is 7.26 Å². The second-order valence-corrected chi connectivity index (χ2v) is 16.2. The maximum Gasteiger partial charge on any atom is 0.294 e. The van der Waals surface area contributed by atoms with E-state index in [0.717, 1.165) is 43.2 Å². The van der Waals surface area contributed by atoms with Gasteiger partial charge in [0.2, 0.25) is 0 Å². The predicted octanol–water partition coefficient (Wildman–Crippen LogP) is 8.38. The van der Waals surface area contributed by atoms with Crippen molar-refractivity contribution in [2.75, 3.05) is 25.2 Å². The van der Waals surface area contributed by atoms with Gasteiger partial charge in [0.15, 0.2) is 0 Å². The molecule has 0 fully saturated rings. The van der Waals surface area contributed by atoms with E-state index in [4.69, 9.17) is 0 Å². The summed E-state index contributed by atoms with van der Waals surface area (Å²) < 4.78 is 32.1. The number of hydrogen-bond donors (Lipinski definition) is 1. The van der Waals surface area contributed by atoms with Crippen molar-refractivity contribution in [2.45, 2.75) is 117 Å². The molecule has 32 heavy (non-hydrogen) atoms. The minimum absolute atomic E-state index is 0.0875. The number of benzene rings is 1. The third kappa shape index (κ3) is 13.3. The normalized spacial score (nSPS) is 12.3. The molecule has 0 atom stereocenters. The summed E-state index contributed by atoms with van der Waals surface area (Å²) in [6, 6.07) is 5.18. The fourth-order valence-corrected chi connectivity index (χ4v) is 9.44. The summed E-state index contributed by atoms with van der Waals surface area (Å²) in [6.45, 7) is 13.8. The van der Waals surface area contributed by atoms with Crippen LogP contribution < -0.4 is 0 Å². The summed E-state index contributed by atoms with van der Waals surface area (Å²) >= 11 is 0. The summed E-state index contributed by atoms with van der Waals surface area (Å²) in [5.41, 5.74) is 1.86. The van der Waals surface area contributed by atoms with Crippen molar-refractivity contribution in [3.05, 3.63) is 29.3 Å². The molecule has 1 N–H and O–H groups in total. The first-order valence-electron chi connectivity index (χ1n) is 13.3. The van der Waals surface area contributed by atoms with Crippen molar-refractivity contribution >= 4 is 17.4 Å². The maximum atomic E-state index is 11.4. The van der Waals surface area contributed by atoms with Crippen molar-refractivity contribution in [2.24, 2.45) is 0 Å². The molecule has 0 bridgehead atoms. The van der Waals surface area contributed by atoms with Gasteiger partial charge in [-0.2, -0.15) is 8.42 Å². The van der Waals surface area contributed by atoms with E-state index < -0.39 is 17.4 Å². The van der Waals surface area contributed by atoms with Crippen LogP contribution in [0.5, 0.6) is 0 Å². The molecule has 1 rings (SSSR count). The largest absolute Gasteiger partial charge is 0.294 e. The van der Waals surface area contributed by atoms with E-state index in [1.54, 1.807) is 24.6 Å². The first-order valence-corrected chi connectivity index (χ1v) is 17.8. The molecule has 1 aromatic rings. The van der Waals surface area contributed by atoms with Crippen molar-refractivity contribution in [1.29, 1.82) is 0 Å². The Morgan fingerprint density at radius 3 is 1.56 bits per heavy atom. The van der Waals surface area contributed by atoms with Crippen molar-refractivity contribution in [1.82, 2.24) is 0 Å². The molecule has 0 aromatic heterocycles. The van der Waals surface area contributed by atoms with E-state index in [0.29, 0.717) is 6.42 Å². The molecule has 5 heteroatoms. The first kappa shape index (κ1) is 31.6. The van der Waals surface area contributed by atoms with Gasteiger partial charge in [0.1, 0.15) is 0 Å². The number of rotatable bonds is 16. The summed E-state index contributed by atoms with van der Waals surface area (Å²) in [6.07, 6.45) is 19.0. The smallest absolute Gasteiger partial charge is 0.282 e. The van der Waals surface area contributed by atoms with Crippen LogP contribution in [0.2, 0.25) is 0 Å². The van der Waals surface area contributed by atoms with Gasteiger partial charge >= 0.3 is 91.7 Å². The third-order valence-corrected chi connectivity index (χ3v) is 12.1. The van der Waals surface area contributed by atoms with E-state index >= 15 is 0 Å². The van der Waals surface area contributed by atoms with Gasteiger partial charge < -0.3 is 0 Å². The SMILES string of the molecule is CCCC[PH](C)(CCCC)CCCC.CCCCc1cccc(S(=O)(=O)O)c1CCCC. The van der Waals surface area contributed by atoms with Gasteiger partial charge in [0, 0.05) is 0 Å². The van der Waals surface area contributed by atoms with Crippen LogP contribution in [0.15, 0.2) is 23.1 Å². The van der Waals surface area contributed by atoms with E-state index in [9.17, 15) is 13.0 Å². The van der Waals surface area contributed by atoms with Gasteiger partial charge in [0.25, 0.3) is 10.1 Å². The molecule has 0 heterocycles. The van der Waals surface area contributed by atoms with Gasteiger partial charge in [-0.1, -0.05) is 38.8 Å². The molecular formula is C27H53O3PS. The van der Waals surface area contributed by atoms with Gasteiger partial charge in [-0.05, 0) is 42.9 Å². The van der Waals surface area contributed by atoms with Crippen molar-refractivity contribution in [3.8, 4) is 0 Å². The topological polar surface area (TPSA) is 54.4 Å². The quantitative estimate of drug-likeness (QED) is 0.188. The second-order valence-electron chi connectivity index (χ2n) is 9.70. The van der Waals surface area contributed by atoms with Crippen molar-refractivity contribution in [3.63, 3.8) is 0 Å². The Labute approximate surface area is 201 Å². The maximum absolute atomic E-state index is 11.4. The molecule has 0 saturated heterocycles. The van der Waals surface area contributed by atoms with Crippen LogP contribution in [0.1, 0.15) is 110 Å². The Bertz CT molecular complexity index is 679. The average Bonchev–Trinajstić information content (AvgIpc) is 2.77. The van der Waals surface area contributed by atoms with E-state index in [1.165, 1.54) is 44.6 Å². The number of hydrogen-bond acceptors (Lipinski definition) is 2. The molecule has 3 nitrogen and oxygen atoms in total. The van der Waals surface area contributed by atoms with Gasteiger partial charge in [-0.15, -0.1) is 0 Å². The average molecular weight is 489 g/mol. The molecule has 190 valence electrons. The molecular weight excluding hydrogens is 435 g/mol. The summed E-state index contributed by atoms with van der Waals surface area (Å²) in [7, 11) is -4.92. The second kappa shape index (κ2) is 18.0. The Hall–Kier alpha value is -0.440. The zero-order valence-corrected chi connectivity index (χ0v) is 23.8. The van der Waals surface area contributed by atoms with Crippen LogP contribution in [0.25, 0.3) is 0 Å². The zero-order chi connectivity index (χ0) is 24.5. The molecule has 0 aliphatic rings. The molecule has 0 aliphatic carbocycles. The molecule has 0 spiro atoms. The van der Waals surface area contributed by atoms with Crippen LogP contribution in [-0.2, 0) is 23.0 Å². The Morgan fingerprint density at radius 2 is 1.16 bits per heavy atom.